The number of rotatable bonds is 7. The first-order valence-electron chi connectivity index (χ1n) is 10.7. The van der Waals surface area contributed by atoms with E-state index in [0.717, 1.165) is 42.9 Å². The standard InChI is InChI=1S/C24H30ClN3O3/c1-16(2)31-23(29)14-21(18-6-4-17(3)5-7-18)27-24(30)19-10-12-28(13-11-19)22-9-8-20(25)15-26-22/h4-9,15-16,19,21H,10-14H2,1-3H3,(H,27,30). The molecular formula is C24H30ClN3O3. The molecule has 7 heteroatoms. The number of amides is 1. The van der Waals surface area contributed by atoms with E-state index in [9.17, 15) is 9.59 Å². The van der Waals surface area contributed by atoms with E-state index in [4.69, 9.17) is 16.3 Å². The van der Waals surface area contributed by atoms with Gasteiger partial charge in [-0.3, -0.25) is 9.59 Å². The summed E-state index contributed by atoms with van der Waals surface area (Å²) in [6, 6.07) is 11.2. The number of halogens is 1. The van der Waals surface area contributed by atoms with Crippen molar-refractivity contribution in [3.63, 3.8) is 0 Å². The zero-order chi connectivity index (χ0) is 22.4. The number of nitrogens with zero attached hydrogens (tertiary/aromatic N) is 2. The predicted molar refractivity (Wildman–Crippen MR) is 122 cm³/mol. The summed E-state index contributed by atoms with van der Waals surface area (Å²) in [6.07, 6.45) is 3.02. The first-order valence-corrected chi connectivity index (χ1v) is 11.1. The number of piperidine rings is 1. The van der Waals surface area contributed by atoms with Gasteiger partial charge in [0.15, 0.2) is 0 Å². The van der Waals surface area contributed by atoms with Crippen LogP contribution in [0.15, 0.2) is 42.6 Å². The Hall–Kier alpha value is -2.60. The molecule has 1 aromatic heterocycles. The van der Waals surface area contributed by atoms with Crippen molar-refractivity contribution in [3.8, 4) is 0 Å². The largest absolute Gasteiger partial charge is 0.463 e. The number of esters is 1. The zero-order valence-corrected chi connectivity index (χ0v) is 19.1. The van der Waals surface area contributed by atoms with Crippen LogP contribution in [0.3, 0.4) is 0 Å². The molecule has 6 nitrogen and oxygen atoms in total. The van der Waals surface area contributed by atoms with Crippen LogP contribution in [0.4, 0.5) is 5.82 Å². The smallest absolute Gasteiger partial charge is 0.308 e. The molecule has 166 valence electrons. The van der Waals surface area contributed by atoms with Crippen LogP contribution in [0.5, 0.6) is 0 Å². The molecule has 3 rings (SSSR count). The van der Waals surface area contributed by atoms with Gasteiger partial charge >= 0.3 is 5.97 Å². The van der Waals surface area contributed by atoms with Gasteiger partial charge in [0, 0.05) is 25.2 Å². The van der Waals surface area contributed by atoms with Crippen molar-refractivity contribution in [1.29, 1.82) is 0 Å². The average molecular weight is 444 g/mol. The van der Waals surface area contributed by atoms with Crippen molar-refractivity contribution in [2.45, 2.75) is 52.2 Å². The minimum atomic E-state index is -0.407. The van der Waals surface area contributed by atoms with Gasteiger partial charge in [0.1, 0.15) is 5.82 Å². The Balaban J connectivity index is 1.62. The van der Waals surface area contributed by atoms with E-state index >= 15 is 0 Å². The summed E-state index contributed by atoms with van der Waals surface area (Å²) >= 11 is 5.92. The first kappa shape index (κ1) is 23.1. The van der Waals surface area contributed by atoms with E-state index in [1.807, 2.05) is 57.2 Å². The molecule has 0 spiro atoms. The Morgan fingerprint density at radius 1 is 1.16 bits per heavy atom. The van der Waals surface area contributed by atoms with Gasteiger partial charge in [-0.1, -0.05) is 41.4 Å². The van der Waals surface area contributed by atoms with E-state index in [0.29, 0.717) is 5.02 Å². The van der Waals surface area contributed by atoms with Gasteiger partial charge < -0.3 is 15.0 Å². The van der Waals surface area contributed by atoms with Crippen LogP contribution >= 0.6 is 11.6 Å². The van der Waals surface area contributed by atoms with E-state index in [2.05, 4.69) is 15.2 Å². The lowest BCUT2D eigenvalue weighted by atomic mass is 9.94. The Morgan fingerprint density at radius 2 is 1.84 bits per heavy atom. The third kappa shape index (κ3) is 6.69. The Morgan fingerprint density at radius 3 is 2.42 bits per heavy atom. The number of benzene rings is 1. The lowest BCUT2D eigenvalue weighted by Gasteiger charge is -2.33. The maximum absolute atomic E-state index is 13.0. The SMILES string of the molecule is Cc1ccc(C(CC(=O)OC(C)C)NC(=O)C2CCN(c3ccc(Cl)cn3)CC2)cc1. The maximum Gasteiger partial charge on any atom is 0.308 e. The lowest BCUT2D eigenvalue weighted by Crippen LogP contribution is -2.42. The molecule has 0 bridgehead atoms. The molecule has 1 saturated heterocycles. The normalized spacial score (nSPS) is 15.6. The molecule has 1 atom stereocenters. The molecule has 0 radical (unpaired) electrons. The minimum Gasteiger partial charge on any atom is -0.463 e. The number of ether oxygens (including phenoxy) is 1. The van der Waals surface area contributed by atoms with Crippen LogP contribution in [0, 0.1) is 12.8 Å². The van der Waals surface area contributed by atoms with Crippen molar-refractivity contribution >= 4 is 29.3 Å². The van der Waals surface area contributed by atoms with Crippen LogP contribution in [-0.2, 0) is 14.3 Å². The van der Waals surface area contributed by atoms with Crippen molar-refractivity contribution < 1.29 is 14.3 Å². The van der Waals surface area contributed by atoms with Gasteiger partial charge in [0.25, 0.3) is 0 Å². The van der Waals surface area contributed by atoms with Gasteiger partial charge in [0.2, 0.25) is 5.91 Å². The zero-order valence-electron chi connectivity index (χ0n) is 18.3. The van der Waals surface area contributed by atoms with E-state index in [1.54, 1.807) is 6.20 Å². The number of nitrogens with one attached hydrogen (secondary N) is 1. The molecule has 2 heterocycles. The molecule has 1 aliphatic heterocycles. The number of pyridine rings is 1. The molecule has 1 amide bonds. The van der Waals surface area contributed by atoms with E-state index < -0.39 is 6.04 Å². The second-order valence-corrected chi connectivity index (χ2v) is 8.75. The van der Waals surface area contributed by atoms with Crippen molar-refractivity contribution in [2.75, 3.05) is 18.0 Å². The highest BCUT2D eigenvalue weighted by atomic mass is 35.5. The Kier molecular flexibility index (Phi) is 7.91. The molecule has 1 unspecified atom stereocenters. The number of carbonyl (C=O) groups excluding carboxylic acids is 2. The molecule has 1 fully saturated rings. The first-order chi connectivity index (χ1) is 14.8. The Bertz CT molecular complexity index is 876. The second-order valence-electron chi connectivity index (χ2n) is 8.31. The summed E-state index contributed by atoms with van der Waals surface area (Å²) in [4.78, 5) is 31.8. The second kappa shape index (κ2) is 10.6. The highest BCUT2D eigenvalue weighted by molar-refractivity contribution is 6.30. The average Bonchev–Trinajstić information content (AvgIpc) is 2.74. The summed E-state index contributed by atoms with van der Waals surface area (Å²) in [5.41, 5.74) is 2.03. The van der Waals surface area contributed by atoms with Crippen LogP contribution in [0.2, 0.25) is 5.02 Å². The quantitative estimate of drug-likeness (QED) is 0.639. The van der Waals surface area contributed by atoms with Crippen molar-refractivity contribution in [1.82, 2.24) is 10.3 Å². The summed E-state index contributed by atoms with van der Waals surface area (Å²) in [5.74, 6) is 0.436. The minimum absolute atomic E-state index is 0.0216. The fourth-order valence-electron chi connectivity index (χ4n) is 3.74. The molecule has 0 saturated carbocycles. The lowest BCUT2D eigenvalue weighted by molar-refractivity contribution is -0.148. The van der Waals surface area contributed by atoms with Gasteiger partial charge in [-0.2, -0.15) is 0 Å². The van der Waals surface area contributed by atoms with Crippen LogP contribution < -0.4 is 10.2 Å². The molecule has 2 aromatic rings. The molecule has 1 N–H and O–H groups in total. The van der Waals surface area contributed by atoms with Crippen LogP contribution in [0.1, 0.15) is 50.3 Å². The summed E-state index contributed by atoms with van der Waals surface area (Å²) in [7, 11) is 0. The highest BCUT2D eigenvalue weighted by Crippen LogP contribution is 2.25. The molecule has 1 aliphatic rings. The number of hydrogen-bond donors (Lipinski definition) is 1. The van der Waals surface area contributed by atoms with Gasteiger partial charge in [-0.15, -0.1) is 0 Å². The van der Waals surface area contributed by atoms with E-state index in [1.165, 1.54) is 0 Å². The highest BCUT2D eigenvalue weighted by Gasteiger charge is 2.28. The monoisotopic (exact) mass is 443 g/mol. The fraction of sp³-hybridized carbons (Fsp3) is 0.458. The third-order valence-corrected chi connectivity index (χ3v) is 5.66. The maximum atomic E-state index is 13.0. The number of carbonyl (C=O) groups is 2. The molecule has 0 aliphatic carbocycles. The number of anilines is 1. The third-order valence-electron chi connectivity index (χ3n) is 5.44. The number of aryl methyl sites for hydroxylation is 1. The molecule has 31 heavy (non-hydrogen) atoms. The van der Waals surface area contributed by atoms with Crippen molar-refractivity contribution in [3.05, 3.63) is 58.7 Å². The summed E-state index contributed by atoms with van der Waals surface area (Å²) in [6.45, 7) is 7.14. The Labute approximate surface area is 188 Å². The van der Waals surface area contributed by atoms with Crippen molar-refractivity contribution in [2.24, 2.45) is 5.92 Å². The van der Waals surface area contributed by atoms with Crippen LogP contribution in [0.25, 0.3) is 0 Å². The van der Waals surface area contributed by atoms with Crippen LogP contribution in [-0.4, -0.2) is 36.1 Å². The fourth-order valence-corrected chi connectivity index (χ4v) is 3.86. The topological polar surface area (TPSA) is 71.5 Å². The predicted octanol–water partition coefficient (Wildman–Crippen LogP) is 4.46. The number of hydrogen-bond acceptors (Lipinski definition) is 5. The van der Waals surface area contributed by atoms with E-state index in [-0.39, 0.29) is 30.3 Å². The number of aromatic nitrogens is 1. The summed E-state index contributed by atoms with van der Waals surface area (Å²) < 4.78 is 5.31. The van der Waals surface area contributed by atoms with Gasteiger partial charge in [-0.25, -0.2) is 4.98 Å². The molecular weight excluding hydrogens is 414 g/mol. The molecule has 1 aromatic carbocycles. The van der Waals surface area contributed by atoms with Gasteiger partial charge in [-0.05, 0) is 51.3 Å². The van der Waals surface area contributed by atoms with Gasteiger partial charge in [0.05, 0.1) is 23.6 Å². The summed E-state index contributed by atoms with van der Waals surface area (Å²) in [5, 5.41) is 3.70.